The van der Waals surface area contributed by atoms with Crippen LogP contribution in [0.2, 0.25) is 0 Å². The van der Waals surface area contributed by atoms with E-state index in [4.69, 9.17) is 0 Å². The molecule has 128 valence electrons. The van der Waals surface area contributed by atoms with Crippen molar-refractivity contribution in [3.63, 3.8) is 0 Å². The van der Waals surface area contributed by atoms with E-state index >= 15 is 0 Å². The van der Waals surface area contributed by atoms with Crippen molar-refractivity contribution in [2.24, 2.45) is 0 Å². The number of hydrogen-bond acceptors (Lipinski definition) is 3. The van der Waals surface area contributed by atoms with Gasteiger partial charge in [0.2, 0.25) is 0 Å². The van der Waals surface area contributed by atoms with E-state index in [0.717, 1.165) is 29.9 Å². The molecule has 0 unspecified atom stereocenters. The zero-order valence-corrected chi connectivity index (χ0v) is 14.2. The molecule has 3 aromatic rings. The highest BCUT2D eigenvalue weighted by atomic mass is 16.3. The van der Waals surface area contributed by atoms with Crippen molar-refractivity contribution in [1.82, 2.24) is 9.88 Å². The smallest absolute Gasteiger partial charge is 0.194 e. The first kappa shape index (κ1) is 15.0. The van der Waals surface area contributed by atoms with E-state index in [2.05, 4.69) is 34.2 Å². The maximum Gasteiger partial charge on any atom is 0.194 e. The molecule has 0 amide bonds. The highest BCUT2D eigenvalue weighted by Gasteiger charge is 2.28. The number of hydrogen-bond donors (Lipinski definition) is 2. The van der Waals surface area contributed by atoms with E-state index in [1.807, 2.05) is 12.3 Å². The Morgan fingerprint density at radius 1 is 1.08 bits per heavy atom. The fourth-order valence-corrected chi connectivity index (χ4v) is 3.97. The summed E-state index contributed by atoms with van der Waals surface area (Å²) < 4.78 is 0. The summed E-state index contributed by atoms with van der Waals surface area (Å²) in [7, 11) is 0. The Morgan fingerprint density at radius 3 is 2.77 bits per heavy atom. The molecule has 4 heteroatoms. The van der Waals surface area contributed by atoms with Gasteiger partial charge in [-0.1, -0.05) is 36.4 Å². The number of rotatable bonds is 2. The number of carbonyl (C=O) groups is 1. The number of phenols is 1. The van der Waals surface area contributed by atoms with Gasteiger partial charge in [-0.25, -0.2) is 0 Å². The second-order valence-corrected chi connectivity index (χ2v) is 6.76. The van der Waals surface area contributed by atoms with Gasteiger partial charge in [0, 0.05) is 29.2 Å². The van der Waals surface area contributed by atoms with Crippen LogP contribution < -0.4 is 0 Å². The number of aromatic nitrogens is 1. The molecule has 0 saturated carbocycles. The number of nitrogens with zero attached hydrogens (tertiary/aromatic N) is 1. The molecule has 0 atom stereocenters. The number of nitrogens with one attached hydrogen (secondary N) is 1. The predicted molar refractivity (Wildman–Crippen MR) is 102 cm³/mol. The molecule has 0 aliphatic carbocycles. The molecule has 0 radical (unpaired) electrons. The summed E-state index contributed by atoms with van der Waals surface area (Å²) in [5, 5.41) is 11.3. The summed E-state index contributed by atoms with van der Waals surface area (Å²) in [6.45, 7) is 0.845. The van der Waals surface area contributed by atoms with Crippen LogP contribution in [0, 0.1) is 0 Å². The summed E-state index contributed by atoms with van der Waals surface area (Å²) in [4.78, 5) is 18.5. The number of aromatic amines is 1. The minimum atomic E-state index is -0.110. The predicted octanol–water partition coefficient (Wildman–Crippen LogP) is 4.24. The molecule has 2 aliphatic rings. The molecular formula is C22H18N2O2. The largest absolute Gasteiger partial charge is 0.507 e. The lowest BCUT2D eigenvalue weighted by atomic mass is 9.94. The van der Waals surface area contributed by atoms with E-state index in [9.17, 15) is 9.90 Å². The fraction of sp³-hybridized carbons (Fsp3) is 0.136. The highest BCUT2D eigenvalue weighted by Crippen LogP contribution is 2.37. The number of allylic oxidation sites excluding steroid dienone is 2. The van der Waals surface area contributed by atoms with Gasteiger partial charge < -0.3 is 15.0 Å². The van der Waals surface area contributed by atoms with Crippen molar-refractivity contribution in [1.29, 1.82) is 0 Å². The lowest BCUT2D eigenvalue weighted by molar-refractivity contribution is 0.102. The molecule has 2 aromatic carbocycles. The standard InChI is InChI=1S/C22H18N2O2/c25-20-8-4-2-6-17(20)22(26)14-9-10-19-21-16(11-12-24(19)13-14)15-5-1-3-7-18(15)23-21/h1-8,10,13,23,25H,9,11-12H2. The highest BCUT2D eigenvalue weighted by molar-refractivity contribution is 6.11. The molecule has 5 rings (SSSR count). The van der Waals surface area contributed by atoms with Crippen LogP contribution in [0.15, 0.2) is 66.4 Å². The molecule has 0 saturated heterocycles. The average Bonchev–Trinajstić information content (AvgIpc) is 3.06. The van der Waals surface area contributed by atoms with Crippen molar-refractivity contribution in [2.45, 2.75) is 12.8 Å². The summed E-state index contributed by atoms with van der Waals surface area (Å²) in [6.07, 6.45) is 5.55. The molecule has 26 heavy (non-hydrogen) atoms. The fourth-order valence-electron chi connectivity index (χ4n) is 3.97. The summed E-state index contributed by atoms with van der Waals surface area (Å²) >= 11 is 0. The Kier molecular flexibility index (Phi) is 3.25. The quantitative estimate of drug-likeness (QED) is 0.685. The molecule has 3 heterocycles. The zero-order chi connectivity index (χ0) is 17.7. The van der Waals surface area contributed by atoms with Crippen LogP contribution in [-0.2, 0) is 6.42 Å². The summed E-state index contributed by atoms with van der Waals surface area (Å²) in [5.41, 5.74) is 5.86. The lowest BCUT2D eigenvalue weighted by Gasteiger charge is -2.32. The molecular weight excluding hydrogens is 324 g/mol. The van der Waals surface area contributed by atoms with Crippen LogP contribution in [0.1, 0.15) is 28.0 Å². The van der Waals surface area contributed by atoms with Gasteiger partial charge in [-0.15, -0.1) is 0 Å². The number of para-hydroxylation sites is 2. The van der Waals surface area contributed by atoms with E-state index in [1.165, 1.54) is 10.9 Å². The first-order valence-electron chi connectivity index (χ1n) is 8.82. The average molecular weight is 342 g/mol. The third kappa shape index (κ3) is 2.19. The monoisotopic (exact) mass is 342 g/mol. The molecule has 4 nitrogen and oxygen atoms in total. The number of fused-ring (bicyclic) bond motifs is 5. The van der Waals surface area contributed by atoms with Gasteiger partial charge in [0.15, 0.2) is 5.78 Å². The van der Waals surface area contributed by atoms with Crippen molar-refractivity contribution in [2.75, 3.05) is 6.54 Å². The third-order valence-electron chi connectivity index (χ3n) is 5.25. The van der Waals surface area contributed by atoms with Crippen LogP contribution >= 0.6 is 0 Å². The van der Waals surface area contributed by atoms with E-state index in [-0.39, 0.29) is 11.5 Å². The Bertz CT molecular complexity index is 1100. The van der Waals surface area contributed by atoms with Gasteiger partial charge in [-0.05, 0) is 36.6 Å². The number of phenolic OH excluding ortho intramolecular Hbond substituents is 1. The van der Waals surface area contributed by atoms with E-state index in [0.29, 0.717) is 17.6 Å². The number of benzene rings is 2. The van der Waals surface area contributed by atoms with Crippen LogP contribution in [0.3, 0.4) is 0 Å². The van der Waals surface area contributed by atoms with Crippen LogP contribution in [0.25, 0.3) is 16.6 Å². The topological polar surface area (TPSA) is 56.3 Å². The number of H-pyrrole nitrogens is 1. The molecule has 0 bridgehead atoms. The number of Topliss-reactive ketones (excluding diaryl/α,β-unsaturated/α-hetero) is 1. The Morgan fingerprint density at radius 2 is 1.88 bits per heavy atom. The molecule has 1 aromatic heterocycles. The van der Waals surface area contributed by atoms with Gasteiger partial charge in [-0.3, -0.25) is 4.79 Å². The van der Waals surface area contributed by atoms with Crippen molar-refractivity contribution in [3.8, 4) is 5.75 Å². The third-order valence-corrected chi connectivity index (χ3v) is 5.25. The summed E-state index contributed by atoms with van der Waals surface area (Å²) in [6, 6.07) is 15.1. The van der Waals surface area contributed by atoms with Gasteiger partial charge >= 0.3 is 0 Å². The molecule has 0 spiro atoms. The second kappa shape index (κ2) is 5.63. The van der Waals surface area contributed by atoms with Crippen LogP contribution in [0.4, 0.5) is 0 Å². The Labute approximate surface area is 151 Å². The van der Waals surface area contributed by atoms with Crippen molar-refractivity contribution >= 4 is 22.4 Å². The van der Waals surface area contributed by atoms with Crippen molar-refractivity contribution in [3.05, 3.63) is 83.2 Å². The van der Waals surface area contributed by atoms with Gasteiger partial charge in [0.25, 0.3) is 0 Å². The summed E-state index contributed by atoms with van der Waals surface area (Å²) in [5.74, 6) is -0.0782. The minimum absolute atomic E-state index is 0.0322. The molecule has 2 aliphatic heterocycles. The minimum Gasteiger partial charge on any atom is -0.507 e. The van der Waals surface area contributed by atoms with E-state index in [1.54, 1.807) is 24.3 Å². The maximum atomic E-state index is 12.8. The number of ketones is 1. The van der Waals surface area contributed by atoms with Crippen LogP contribution in [0.5, 0.6) is 5.75 Å². The van der Waals surface area contributed by atoms with Gasteiger partial charge in [0.05, 0.1) is 17.0 Å². The number of aromatic hydroxyl groups is 1. The normalized spacial score (nSPS) is 15.9. The Balaban J connectivity index is 1.51. The number of carbonyl (C=O) groups excluding carboxylic acids is 1. The first-order valence-corrected chi connectivity index (χ1v) is 8.82. The molecule has 2 N–H and O–H groups in total. The zero-order valence-electron chi connectivity index (χ0n) is 14.2. The van der Waals surface area contributed by atoms with Gasteiger partial charge in [-0.2, -0.15) is 0 Å². The Hall–Kier alpha value is -3.27. The van der Waals surface area contributed by atoms with Gasteiger partial charge in [0.1, 0.15) is 5.75 Å². The molecule has 0 fully saturated rings. The van der Waals surface area contributed by atoms with E-state index < -0.39 is 0 Å². The van der Waals surface area contributed by atoms with Crippen molar-refractivity contribution < 1.29 is 9.90 Å². The SMILES string of the molecule is O=C(C1=CN2CCc3c([nH]c4ccccc34)C2=CC1)c1ccccc1O. The van der Waals surface area contributed by atoms with Crippen LogP contribution in [-0.4, -0.2) is 27.3 Å². The first-order chi connectivity index (χ1) is 12.7. The maximum absolute atomic E-state index is 12.8. The second-order valence-electron chi connectivity index (χ2n) is 6.76. The lowest BCUT2D eigenvalue weighted by Crippen LogP contribution is -2.28.